The van der Waals surface area contributed by atoms with E-state index in [2.05, 4.69) is 31.2 Å². The number of hydrogen-bond acceptors (Lipinski definition) is 10. The SMILES string of the molecule is COCCCn1cc(CNc2nc(NC3CCNCC3)cc(N3CCOCC3)n2)nn1. The first kappa shape index (κ1) is 21.7. The molecule has 2 aliphatic heterocycles. The molecular formula is C20H33N9O2. The summed E-state index contributed by atoms with van der Waals surface area (Å²) in [4.78, 5) is 11.7. The van der Waals surface area contributed by atoms with Gasteiger partial charge in [0.2, 0.25) is 5.95 Å². The van der Waals surface area contributed by atoms with Gasteiger partial charge in [-0.3, -0.25) is 4.68 Å². The Hall–Kier alpha value is -2.50. The monoisotopic (exact) mass is 431 g/mol. The largest absolute Gasteiger partial charge is 0.385 e. The van der Waals surface area contributed by atoms with Crippen LogP contribution in [0.1, 0.15) is 25.0 Å². The van der Waals surface area contributed by atoms with Gasteiger partial charge in [0.25, 0.3) is 0 Å². The van der Waals surface area contributed by atoms with Crippen LogP contribution in [-0.4, -0.2) is 84.1 Å². The lowest BCUT2D eigenvalue weighted by Gasteiger charge is -2.29. The first-order valence-electron chi connectivity index (χ1n) is 11.1. The van der Waals surface area contributed by atoms with Gasteiger partial charge in [0, 0.05) is 45.5 Å². The molecule has 0 saturated carbocycles. The molecule has 2 saturated heterocycles. The molecule has 0 bridgehead atoms. The quantitative estimate of drug-likeness (QED) is 0.465. The number of methoxy groups -OCH3 is 1. The lowest BCUT2D eigenvalue weighted by molar-refractivity contribution is 0.122. The van der Waals surface area contributed by atoms with Gasteiger partial charge in [0.15, 0.2) is 0 Å². The molecule has 0 atom stereocenters. The molecule has 0 unspecified atom stereocenters. The zero-order valence-electron chi connectivity index (χ0n) is 18.2. The molecule has 3 N–H and O–H groups in total. The van der Waals surface area contributed by atoms with E-state index in [0.717, 1.165) is 82.5 Å². The zero-order valence-corrected chi connectivity index (χ0v) is 18.2. The Morgan fingerprint density at radius 3 is 2.87 bits per heavy atom. The van der Waals surface area contributed by atoms with E-state index >= 15 is 0 Å². The minimum atomic E-state index is 0.425. The van der Waals surface area contributed by atoms with Gasteiger partial charge in [-0.25, -0.2) is 0 Å². The fraction of sp³-hybridized carbons (Fsp3) is 0.700. The maximum Gasteiger partial charge on any atom is 0.226 e. The van der Waals surface area contributed by atoms with Gasteiger partial charge in [-0.2, -0.15) is 9.97 Å². The molecule has 4 rings (SSSR count). The first-order valence-corrected chi connectivity index (χ1v) is 11.1. The number of morpholine rings is 1. The third-order valence-corrected chi connectivity index (χ3v) is 5.49. The predicted molar refractivity (Wildman–Crippen MR) is 118 cm³/mol. The van der Waals surface area contributed by atoms with Crippen molar-refractivity contribution in [2.75, 3.05) is 68.6 Å². The molecule has 0 spiro atoms. The van der Waals surface area contributed by atoms with Crippen LogP contribution in [0.5, 0.6) is 0 Å². The maximum atomic E-state index is 5.50. The average molecular weight is 432 g/mol. The minimum absolute atomic E-state index is 0.425. The zero-order chi connectivity index (χ0) is 21.3. The van der Waals surface area contributed by atoms with Crippen molar-refractivity contribution < 1.29 is 9.47 Å². The highest BCUT2D eigenvalue weighted by Gasteiger charge is 2.18. The Kier molecular flexibility index (Phi) is 7.86. The number of anilines is 3. The molecule has 0 amide bonds. The van der Waals surface area contributed by atoms with Crippen molar-refractivity contribution in [1.82, 2.24) is 30.3 Å². The second kappa shape index (κ2) is 11.2. The van der Waals surface area contributed by atoms with E-state index < -0.39 is 0 Å². The first-order chi connectivity index (χ1) is 15.3. The predicted octanol–water partition coefficient (Wildman–Crippen LogP) is 0.717. The highest BCUT2D eigenvalue weighted by atomic mass is 16.5. The number of aryl methyl sites for hydroxylation is 1. The molecule has 2 aromatic rings. The van der Waals surface area contributed by atoms with Gasteiger partial charge < -0.3 is 30.3 Å². The summed E-state index contributed by atoms with van der Waals surface area (Å²) in [6.07, 6.45) is 5.03. The molecule has 31 heavy (non-hydrogen) atoms. The summed E-state index contributed by atoms with van der Waals surface area (Å²) in [6, 6.07) is 2.47. The minimum Gasteiger partial charge on any atom is -0.385 e. The van der Waals surface area contributed by atoms with Crippen molar-refractivity contribution >= 4 is 17.6 Å². The van der Waals surface area contributed by atoms with Gasteiger partial charge in [-0.1, -0.05) is 5.21 Å². The van der Waals surface area contributed by atoms with Gasteiger partial charge in [0.1, 0.15) is 17.3 Å². The van der Waals surface area contributed by atoms with E-state index in [1.807, 2.05) is 16.9 Å². The smallest absolute Gasteiger partial charge is 0.226 e. The van der Waals surface area contributed by atoms with E-state index in [1.54, 1.807) is 7.11 Å². The van der Waals surface area contributed by atoms with E-state index in [9.17, 15) is 0 Å². The molecular weight excluding hydrogens is 398 g/mol. The number of piperidine rings is 1. The van der Waals surface area contributed by atoms with E-state index in [1.165, 1.54) is 0 Å². The summed E-state index contributed by atoms with van der Waals surface area (Å²) in [7, 11) is 1.70. The lowest BCUT2D eigenvalue weighted by Crippen LogP contribution is -2.37. The molecule has 0 aromatic carbocycles. The number of rotatable bonds is 10. The molecule has 11 nitrogen and oxygen atoms in total. The van der Waals surface area contributed by atoms with Crippen molar-refractivity contribution in [3.05, 3.63) is 18.0 Å². The molecule has 11 heteroatoms. The van der Waals surface area contributed by atoms with E-state index in [4.69, 9.17) is 19.4 Å². The Morgan fingerprint density at radius 1 is 1.23 bits per heavy atom. The number of aromatic nitrogens is 5. The molecule has 0 radical (unpaired) electrons. The summed E-state index contributed by atoms with van der Waals surface area (Å²) < 4.78 is 12.4. The average Bonchev–Trinajstić information content (AvgIpc) is 3.27. The Morgan fingerprint density at radius 2 is 2.06 bits per heavy atom. The second-order valence-electron chi connectivity index (χ2n) is 7.88. The molecule has 4 heterocycles. The van der Waals surface area contributed by atoms with E-state index in [0.29, 0.717) is 25.1 Å². The highest BCUT2D eigenvalue weighted by molar-refractivity contribution is 5.54. The lowest BCUT2D eigenvalue weighted by atomic mass is 10.1. The second-order valence-corrected chi connectivity index (χ2v) is 7.88. The van der Waals surface area contributed by atoms with Crippen molar-refractivity contribution in [1.29, 1.82) is 0 Å². The molecule has 2 aliphatic rings. The maximum absolute atomic E-state index is 5.50. The van der Waals surface area contributed by atoms with Crippen LogP contribution in [0.2, 0.25) is 0 Å². The third-order valence-electron chi connectivity index (χ3n) is 5.49. The van der Waals surface area contributed by atoms with Gasteiger partial charge in [-0.05, 0) is 32.4 Å². The van der Waals surface area contributed by atoms with Crippen LogP contribution in [0.3, 0.4) is 0 Å². The van der Waals surface area contributed by atoms with Crippen LogP contribution in [0.4, 0.5) is 17.6 Å². The fourth-order valence-corrected chi connectivity index (χ4v) is 3.79. The summed E-state index contributed by atoms with van der Waals surface area (Å²) >= 11 is 0. The summed E-state index contributed by atoms with van der Waals surface area (Å²) in [5.41, 5.74) is 0.852. The van der Waals surface area contributed by atoms with Crippen molar-refractivity contribution in [3.63, 3.8) is 0 Å². The molecule has 170 valence electrons. The Balaban J connectivity index is 1.42. The van der Waals surface area contributed by atoms with Crippen LogP contribution in [0.15, 0.2) is 12.3 Å². The third kappa shape index (κ3) is 6.49. The molecule has 0 aliphatic carbocycles. The van der Waals surface area contributed by atoms with Gasteiger partial charge in [0.05, 0.1) is 26.0 Å². The summed E-state index contributed by atoms with van der Waals surface area (Å²) in [5.74, 6) is 2.36. The normalized spacial score (nSPS) is 17.6. The van der Waals surface area contributed by atoms with Crippen LogP contribution < -0.4 is 20.9 Å². The highest BCUT2D eigenvalue weighted by Crippen LogP contribution is 2.21. The molecule has 2 fully saturated rings. The van der Waals surface area contributed by atoms with Crippen LogP contribution >= 0.6 is 0 Å². The number of ether oxygens (including phenoxy) is 2. The van der Waals surface area contributed by atoms with Crippen molar-refractivity contribution in [3.8, 4) is 0 Å². The van der Waals surface area contributed by atoms with Crippen LogP contribution in [0.25, 0.3) is 0 Å². The van der Waals surface area contributed by atoms with Gasteiger partial charge >= 0.3 is 0 Å². The number of nitrogens with one attached hydrogen (secondary N) is 3. The topological polar surface area (TPSA) is 114 Å². The summed E-state index contributed by atoms with van der Waals surface area (Å²) in [6.45, 7) is 7.18. The van der Waals surface area contributed by atoms with Crippen LogP contribution in [-0.2, 0) is 22.6 Å². The molecule has 2 aromatic heterocycles. The van der Waals surface area contributed by atoms with Crippen molar-refractivity contribution in [2.45, 2.75) is 38.4 Å². The number of hydrogen-bond donors (Lipinski definition) is 3. The number of nitrogens with zero attached hydrogens (tertiary/aromatic N) is 6. The van der Waals surface area contributed by atoms with Crippen molar-refractivity contribution in [2.24, 2.45) is 0 Å². The standard InChI is InChI=1S/C20H33N9O2/c1-30-10-2-7-29-15-17(26-27-29)14-22-20-24-18(23-16-3-5-21-6-4-16)13-19(25-20)28-8-11-31-12-9-28/h13,15-16,21H,2-12,14H2,1H3,(H2,22,23,24,25). The van der Waals surface area contributed by atoms with Crippen LogP contribution in [0, 0.1) is 0 Å². The Bertz CT molecular complexity index is 804. The fourth-order valence-electron chi connectivity index (χ4n) is 3.79. The van der Waals surface area contributed by atoms with E-state index in [-0.39, 0.29) is 0 Å². The summed E-state index contributed by atoms with van der Waals surface area (Å²) in [5, 5.41) is 18.7. The van der Waals surface area contributed by atoms with Gasteiger partial charge in [-0.15, -0.1) is 5.10 Å². The Labute approximate surface area is 182 Å².